The molecule has 5 nitrogen and oxygen atoms in total. The van der Waals surface area contributed by atoms with Crippen LogP contribution < -0.4 is 5.32 Å². The van der Waals surface area contributed by atoms with E-state index in [0.29, 0.717) is 5.69 Å². The fourth-order valence-corrected chi connectivity index (χ4v) is 5.33. The van der Waals surface area contributed by atoms with E-state index in [1.54, 1.807) is 11.3 Å². The third kappa shape index (κ3) is 4.98. The molecular formula is C28H30N4OS. The number of carbonyl (C=O) groups is 1. The molecule has 174 valence electrons. The van der Waals surface area contributed by atoms with E-state index >= 15 is 0 Å². The highest BCUT2D eigenvalue weighted by Gasteiger charge is 2.24. The number of nitrogens with zero attached hydrogens (tertiary/aromatic N) is 3. The molecule has 1 saturated heterocycles. The Hall–Kier alpha value is -3.22. The third-order valence-electron chi connectivity index (χ3n) is 6.47. The van der Waals surface area contributed by atoms with Gasteiger partial charge in [0.1, 0.15) is 11.4 Å². The fraction of sp³-hybridized carbons (Fsp3) is 0.286. The average molecular weight is 471 g/mol. The lowest BCUT2D eigenvalue weighted by molar-refractivity contribution is 0.0901. The maximum atomic E-state index is 13.5. The largest absolute Gasteiger partial charge is 0.348 e. The van der Waals surface area contributed by atoms with Crippen molar-refractivity contribution in [2.75, 3.05) is 13.1 Å². The summed E-state index contributed by atoms with van der Waals surface area (Å²) in [6.07, 6.45) is 1.90. The Morgan fingerprint density at radius 2 is 1.82 bits per heavy atom. The van der Waals surface area contributed by atoms with Crippen LogP contribution in [0.2, 0.25) is 0 Å². The minimum atomic E-state index is -0.0585. The summed E-state index contributed by atoms with van der Waals surface area (Å²) >= 11 is 1.64. The topological polar surface area (TPSA) is 50.2 Å². The van der Waals surface area contributed by atoms with Crippen LogP contribution in [0.25, 0.3) is 16.3 Å². The number of aryl methyl sites for hydroxylation is 2. The van der Waals surface area contributed by atoms with Gasteiger partial charge in [-0.25, -0.2) is 4.68 Å². The van der Waals surface area contributed by atoms with Gasteiger partial charge in [0.2, 0.25) is 0 Å². The van der Waals surface area contributed by atoms with E-state index in [-0.39, 0.29) is 11.9 Å². The van der Waals surface area contributed by atoms with Gasteiger partial charge in [0.05, 0.1) is 10.6 Å². The van der Waals surface area contributed by atoms with Crippen LogP contribution in [0.3, 0.4) is 0 Å². The molecule has 1 fully saturated rings. The maximum absolute atomic E-state index is 13.5. The highest BCUT2D eigenvalue weighted by Crippen LogP contribution is 2.27. The molecule has 0 radical (unpaired) electrons. The fourth-order valence-electron chi connectivity index (χ4n) is 4.65. The number of carbonyl (C=O) groups excluding carboxylic acids is 1. The highest BCUT2D eigenvalue weighted by atomic mass is 32.1. The quantitative estimate of drug-likeness (QED) is 0.398. The predicted molar refractivity (Wildman–Crippen MR) is 139 cm³/mol. The van der Waals surface area contributed by atoms with Gasteiger partial charge in [-0.15, -0.1) is 11.3 Å². The van der Waals surface area contributed by atoms with Crippen LogP contribution in [0.4, 0.5) is 0 Å². The zero-order valence-corrected chi connectivity index (χ0v) is 20.5. The van der Waals surface area contributed by atoms with E-state index in [1.807, 2.05) is 28.3 Å². The third-order valence-corrected chi connectivity index (χ3v) is 7.36. The van der Waals surface area contributed by atoms with Crippen LogP contribution >= 0.6 is 11.3 Å². The van der Waals surface area contributed by atoms with Crippen molar-refractivity contribution in [3.05, 3.63) is 94.5 Å². The monoisotopic (exact) mass is 470 g/mol. The summed E-state index contributed by atoms with van der Waals surface area (Å²) in [7, 11) is 0. The highest BCUT2D eigenvalue weighted by molar-refractivity contribution is 7.13. The molecular weight excluding hydrogens is 440 g/mol. The lowest BCUT2D eigenvalue weighted by Gasteiger charge is -2.32. The predicted octanol–water partition coefficient (Wildman–Crippen LogP) is 5.61. The molecule has 6 heteroatoms. The molecule has 34 heavy (non-hydrogen) atoms. The summed E-state index contributed by atoms with van der Waals surface area (Å²) in [5.74, 6) is -0.0585. The van der Waals surface area contributed by atoms with Gasteiger partial charge >= 0.3 is 0 Å². The van der Waals surface area contributed by atoms with Gasteiger partial charge in [0, 0.05) is 25.7 Å². The van der Waals surface area contributed by atoms with Crippen molar-refractivity contribution in [2.24, 2.45) is 0 Å². The van der Waals surface area contributed by atoms with Gasteiger partial charge in [-0.3, -0.25) is 9.69 Å². The first-order valence-corrected chi connectivity index (χ1v) is 12.7. The molecule has 5 rings (SSSR count). The van der Waals surface area contributed by atoms with Crippen LogP contribution in [0.5, 0.6) is 0 Å². The number of aromatic nitrogens is 2. The second kappa shape index (κ2) is 9.95. The Kier molecular flexibility index (Phi) is 6.61. The first kappa shape index (κ1) is 22.6. The molecule has 3 heterocycles. The number of likely N-dealkylation sites (tertiary alicyclic amines) is 1. The van der Waals surface area contributed by atoms with E-state index in [4.69, 9.17) is 5.10 Å². The number of hydrogen-bond donors (Lipinski definition) is 1. The van der Waals surface area contributed by atoms with E-state index in [9.17, 15) is 4.79 Å². The summed E-state index contributed by atoms with van der Waals surface area (Å²) in [5.41, 5.74) is 5.99. The van der Waals surface area contributed by atoms with Gasteiger partial charge < -0.3 is 5.32 Å². The molecule has 1 amide bonds. The first-order valence-electron chi connectivity index (χ1n) is 11.9. The normalized spacial score (nSPS) is 14.9. The molecule has 1 aliphatic heterocycles. The summed E-state index contributed by atoms with van der Waals surface area (Å²) in [5, 5.41) is 10.2. The molecule has 0 spiro atoms. The van der Waals surface area contributed by atoms with Crippen LogP contribution in [0.15, 0.2) is 72.1 Å². The smallest absolute Gasteiger partial charge is 0.270 e. The summed E-state index contributed by atoms with van der Waals surface area (Å²) in [6, 6.07) is 23.0. The SMILES string of the molecule is Cc1ccc(-n2nc(-c3cccs3)cc2C(=O)NC2CCN(Cc3ccccc3)CC2)c(C)c1. The summed E-state index contributed by atoms with van der Waals surface area (Å²) < 4.78 is 1.81. The van der Waals surface area contributed by atoms with E-state index in [2.05, 4.69) is 72.6 Å². The second-order valence-electron chi connectivity index (χ2n) is 9.10. The molecule has 2 aromatic carbocycles. The Morgan fingerprint density at radius 1 is 1.03 bits per heavy atom. The van der Waals surface area contributed by atoms with Crippen molar-refractivity contribution in [1.82, 2.24) is 20.0 Å². The Bertz CT molecular complexity index is 1260. The van der Waals surface area contributed by atoms with Gasteiger partial charge in [0.15, 0.2) is 0 Å². The Labute approximate surface area is 205 Å². The van der Waals surface area contributed by atoms with Gasteiger partial charge in [-0.1, -0.05) is 54.1 Å². The zero-order chi connectivity index (χ0) is 23.5. The van der Waals surface area contributed by atoms with Crippen molar-refractivity contribution in [1.29, 1.82) is 0 Å². The molecule has 0 bridgehead atoms. The molecule has 4 aromatic rings. The summed E-state index contributed by atoms with van der Waals surface area (Å²) in [4.78, 5) is 17.0. The van der Waals surface area contributed by atoms with Crippen LogP contribution in [0, 0.1) is 13.8 Å². The minimum Gasteiger partial charge on any atom is -0.348 e. The number of amides is 1. The van der Waals surface area contributed by atoms with E-state index in [1.165, 1.54) is 11.1 Å². The zero-order valence-electron chi connectivity index (χ0n) is 19.7. The maximum Gasteiger partial charge on any atom is 0.270 e. The van der Waals surface area contributed by atoms with Gasteiger partial charge in [-0.05, 0) is 61.4 Å². The second-order valence-corrected chi connectivity index (χ2v) is 10.1. The summed E-state index contributed by atoms with van der Waals surface area (Å²) in [6.45, 7) is 7.08. The molecule has 2 aromatic heterocycles. The number of nitrogens with one attached hydrogen (secondary N) is 1. The van der Waals surface area contributed by atoms with Crippen molar-refractivity contribution in [3.63, 3.8) is 0 Å². The number of thiophene rings is 1. The van der Waals surface area contributed by atoms with Crippen molar-refractivity contribution < 1.29 is 4.79 Å². The van der Waals surface area contributed by atoms with Crippen LogP contribution in [-0.2, 0) is 6.54 Å². The van der Waals surface area contributed by atoms with E-state index < -0.39 is 0 Å². The standard InChI is InChI=1S/C28H30N4OS/c1-20-10-11-25(21(2)17-20)32-26(18-24(30-32)27-9-6-16-34-27)28(33)29-23-12-14-31(15-13-23)19-22-7-4-3-5-8-22/h3-11,16-18,23H,12-15,19H2,1-2H3,(H,29,33). The van der Waals surface area contributed by atoms with E-state index in [0.717, 1.165) is 54.3 Å². The lowest BCUT2D eigenvalue weighted by atomic mass is 10.0. The molecule has 0 aliphatic carbocycles. The van der Waals surface area contributed by atoms with Crippen LogP contribution in [0.1, 0.15) is 40.0 Å². The van der Waals surface area contributed by atoms with Gasteiger partial charge in [-0.2, -0.15) is 5.10 Å². The molecule has 0 saturated carbocycles. The number of rotatable bonds is 6. The Balaban J connectivity index is 1.32. The minimum absolute atomic E-state index is 0.0585. The molecule has 1 N–H and O–H groups in total. The number of benzene rings is 2. The Morgan fingerprint density at radius 3 is 2.53 bits per heavy atom. The van der Waals surface area contributed by atoms with Crippen LogP contribution in [-0.4, -0.2) is 39.7 Å². The van der Waals surface area contributed by atoms with Crippen molar-refractivity contribution in [2.45, 2.75) is 39.3 Å². The first-order chi connectivity index (χ1) is 16.6. The van der Waals surface area contributed by atoms with Crippen molar-refractivity contribution >= 4 is 17.2 Å². The molecule has 1 aliphatic rings. The number of hydrogen-bond acceptors (Lipinski definition) is 4. The number of piperidine rings is 1. The molecule has 0 unspecified atom stereocenters. The lowest BCUT2D eigenvalue weighted by Crippen LogP contribution is -2.44. The average Bonchev–Trinajstić information content (AvgIpc) is 3.51. The van der Waals surface area contributed by atoms with Gasteiger partial charge in [0.25, 0.3) is 5.91 Å². The van der Waals surface area contributed by atoms with Crippen molar-refractivity contribution in [3.8, 4) is 16.3 Å². The molecule has 0 atom stereocenters.